The van der Waals surface area contributed by atoms with Gasteiger partial charge >= 0.3 is 5.97 Å². The molecule has 9 heteroatoms. The average molecular weight is 574 g/mol. The largest absolute Gasteiger partial charge is 0.460 e. The molecule has 0 bridgehead atoms. The van der Waals surface area contributed by atoms with Crippen LogP contribution in [0.15, 0.2) is 73.2 Å². The van der Waals surface area contributed by atoms with E-state index in [0.29, 0.717) is 28.0 Å². The van der Waals surface area contributed by atoms with Crippen LogP contribution in [0, 0.1) is 3.83 Å². The fraction of sp³-hybridized carbons (Fsp3) is 0.154. The van der Waals surface area contributed by atoms with Gasteiger partial charge < -0.3 is 4.74 Å². The first kappa shape index (κ1) is 21.8. The number of aromatic nitrogens is 6. The Morgan fingerprint density at radius 1 is 1.03 bits per heavy atom. The van der Waals surface area contributed by atoms with Crippen molar-refractivity contribution in [3.63, 3.8) is 0 Å². The first-order valence-corrected chi connectivity index (χ1v) is 12.2. The lowest BCUT2D eigenvalue weighted by Gasteiger charge is -2.26. The smallest absolute Gasteiger partial charge is 0.319 e. The fourth-order valence-electron chi connectivity index (χ4n) is 4.62. The maximum Gasteiger partial charge on any atom is 0.319 e. The summed E-state index contributed by atoms with van der Waals surface area (Å²) in [5, 5.41) is 7.83. The highest BCUT2D eigenvalue weighted by Gasteiger charge is 2.48. The number of aromatic amines is 1. The van der Waals surface area contributed by atoms with Crippen LogP contribution in [0.1, 0.15) is 22.5 Å². The second kappa shape index (κ2) is 8.81. The maximum absolute atomic E-state index is 13.8. The van der Waals surface area contributed by atoms with Crippen molar-refractivity contribution in [2.24, 2.45) is 0 Å². The van der Waals surface area contributed by atoms with Crippen molar-refractivity contribution in [1.29, 1.82) is 0 Å². The number of carbonyl (C=O) groups excluding carboxylic acids is 1. The zero-order chi connectivity index (χ0) is 23.8. The van der Waals surface area contributed by atoms with Gasteiger partial charge in [0, 0.05) is 52.7 Å². The quantitative estimate of drug-likeness (QED) is 0.191. The zero-order valence-corrected chi connectivity index (χ0v) is 20.6. The van der Waals surface area contributed by atoms with Gasteiger partial charge in [-0.3, -0.25) is 19.9 Å². The minimum absolute atomic E-state index is 0.199. The third-order valence-electron chi connectivity index (χ3n) is 6.36. The SMILES string of the molecule is O=C(OCc1ccccc1)C1(c2cc(-c3nc(I)nc4[nH]ncc34)ccn2)Cc2cccnc2C1. The van der Waals surface area contributed by atoms with Crippen molar-refractivity contribution in [3.05, 3.63) is 99.5 Å². The minimum atomic E-state index is -0.975. The molecule has 35 heavy (non-hydrogen) atoms. The van der Waals surface area contributed by atoms with E-state index in [1.807, 2.05) is 54.6 Å². The summed E-state index contributed by atoms with van der Waals surface area (Å²) < 4.78 is 6.47. The van der Waals surface area contributed by atoms with Crippen LogP contribution in [0.4, 0.5) is 0 Å². The topological polar surface area (TPSA) is 107 Å². The molecule has 1 aromatic carbocycles. The molecule has 0 fully saturated rings. The highest BCUT2D eigenvalue weighted by atomic mass is 127. The molecule has 8 nitrogen and oxygen atoms in total. The summed E-state index contributed by atoms with van der Waals surface area (Å²) in [5.74, 6) is -0.310. The number of hydrogen-bond acceptors (Lipinski definition) is 7. The molecule has 172 valence electrons. The number of esters is 1. The van der Waals surface area contributed by atoms with Crippen LogP contribution in [-0.2, 0) is 34.4 Å². The molecule has 1 aliphatic rings. The minimum Gasteiger partial charge on any atom is -0.460 e. The number of H-pyrrole nitrogens is 1. The van der Waals surface area contributed by atoms with Crippen molar-refractivity contribution < 1.29 is 9.53 Å². The summed E-state index contributed by atoms with van der Waals surface area (Å²) >= 11 is 2.09. The molecule has 0 saturated carbocycles. The first-order chi connectivity index (χ1) is 17.1. The normalized spacial score (nSPS) is 16.8. The van der Waals surface area contributed by atoms with Gasteiger partial charge in [0.15, 0.2) is 9.48 Å². The van der Waals surface area contributed by atoms with E-state index in [2.05, 4.69) is 52.7 Å². The highest BCUT2D eigenvalue weighted by Crippen LogP contribution is 2.40. The molecule has 0 radical (unpaired) electrons. The molecule has 6 rings (SSSR count). The Balaban J connectivity index is 1.42. The monoisotopic (exact) mass is 574 g/mol. The van der Waals surface area contributed by atoms with Crippen molar-refractivity contribution in [1.82, 2.24) is 30.1 Å². The summed E-state index contributed by atoms with van der Waals surface area (Å²) in [6.45, 7) is 0.199. The lowest BCUT2D eigenvalue weighted by molar-refractivity contribution is -0.152. The summed E-state index contributed by atoms with van der Waals surface area (Å²) in [7, 11) is 0. The third-order valence-corrected chi connectivity index (χ3v) is 6.84. The predicted octanol–water partition coefficient (Wildman–Crippen LogP) is 4.19. The Bertz CT molecular complexity index is 1530. The number of ether oxygens (including phenoxy) is 1. The molecule has 4 heterocycles. The molecule has 4 aromatic heterocycles. The lowest BCUT2D eigenvalue weighted by atomic mass is 9.80. The van der Waals surface area contributed by atoms with Gasteiger partial charge in [0.25, 0.3) is 0 Å². The van der Waals surface area contributed by atoms with Crippen LogP contribution < -0.4 is 0 Å². The van der Waals surface area contributed by atoms with Gasteiger partial charge in [-0.15, -0.1) is 0 Å². The Kier molecular flexibility index (Phi) is 5.48. The molecular formula is C26H19IN6O2. The van der Waals surface area contributed by atoms with Gasteiger partial charge in [-0.2, -0.15) is 5.10 Å². The van der Waals surface area contributed by atoms with Gasteiger partial charge in [0.05, 0.1) is 23.0 Å². The number of hydrogen-bond donors (Lipinski definition) is 1. The van der Waals surface area contributed by atoms with E-state index in [-0.39, 0.29) is 12.6 Å². The van der Waals surface area contributed by atoms with Gasteiger partial charge in [0.1, 0.15) is 12.0 Å². The molecule has 0 spiro atoms. The fourth-order valence-corrected chi connectivity index (χ4v) is 5.11. The number of nitrogens with one attached hydrogen (secondary N) is 1. The van der Waals surface area contributed by atoms with Crippen molar-refractivity contribution >= 4 is 39.6 Å². The van der Waals surface area contributed by atoms with E-state index in [9.17, 15) is 4.79 Å². The van der Waals surface area contributed by atoms with E-state index >= 15 is 0 Å². The lowest BCUT2D eigenvalue weighted by Crippen LogP contribution is -2.39. The molecule has 0 amide bonds. The molecule has 1 atom stereocenters. The number of nitrogens with zero attached hydrogens (tertiary/aromatic N) is 5. The van der Waals surface area contributed by atoms with Crippen LogP contribution in [0.25, 0.3) is 22.3 Å². The van der Waals surface area contributed by atoms with Gasteiger partial charge in [0.2, 0.25) is 0 Å². The number of fused-ring (bicyclic) bond motifs is 2. The van der Waals surface area contributed by atoms with Crippen LogP contribution in [0.5, 0.6) is 0 Å². The Morgan fingerprint density at radius 3 is 2.77 bits per heavy atom. The van der Waals surface area contributed by atoms with E-state index < -0.39 is 5.41 Å². The van der Waals surface area contributed by atoms with E-state index in [0.717, 1.165) is 33.5 Å². The highest BCUT2D eigenvalue weighted by molar-refractivity contribution is 14.1. The van der Waals surface area contributed by atoms with E-state index in [1.54, 1.807) is 18.6 Å². The number of rotatable bonds is 5. The van der Waals surface area contributed by atoms with Crippen LogP contribution >= 0.6 is 22.6 Å². The molecular weight excluding hydrogens is 555 g/mol. The summed E-state index contributed by atoms with van der Waals surface area (Å²) in [6, 6.07) is 17.4. The van der Waals surface area contributed by atoms with Crippen molar-refractivity contribution in [2.75, 3.05) is 0 Å². The first-order valence-electron chi connectivity index (χ1n) is 11.1. The third kappa shape index (κ3) is 3.95. The number of pyridine rings is 2. The predicted molar refractivity (Wildman–Crippen MR) is 137 cm³/mol. The Hall–Kier alpha value is -3.73. The summed E-state index contributed by atoms with van der Waals surface area (Å²) in [4.78, 5) is 32.0. The average Bonchev–Trinajstić information content (AvgIpc) is 3.53. The van der Waals surface area contributed by atoms with Crippen molar-refractivity contribution in [3.8, 4) is 11.3 Å². The van der Waals surface area contributed by atoms with Gasteiger partial charge in [-0.25, -0.2) is 9.97 Å². The Labute approximate surface area is 214 Å². The van der Waals surface area contributed by atoms with Crippen LogP contribution in [0.3, 0.4) is 0 Å². The number of carbonyl (C=O) groups is 1. The summed E-state index contributed by atoms with van der Waals surface area (Å²) in [5.41, 5.74) is 4.75. The second-order valence-corrected chi connectivity index (χ2v) is 9.47. The molecule has 1 aliphatic carbocycles. The van der Waals surface area contributed by atoms with E-state index in [1.165, 1.54) is 0 Å². The maximum atomic E-state index is 13.8. The van der Waals surface area contributed by atoms with Crippen molar-refractivity contribution in [2.45, 2.75) is 24.9 Å². The van der Waals surface area contributed by atoms with Gasteiger partial charge in [-0.1, -0.05) is 36.4 Å². The molecule has 1 N–H and O–H groups in total. The number of benzene rings is 1. The molecule has 5 aromatic rings. The molecule has 0 aliphatic heterocycles. The van der Waals surface area contributed by atoms with Crippen LogP contribution in [0.2, 0.25) is 0 Å². The zero-order valence-electron chi connectivity index (χ0n) is 18.5. The Morgan fingerprint density at radius 2 is 1.91 bits per heavy atom. The molecule has 1 unspecified atom stereocenters. The summed E-state index contributed by atoms with van der Waals surface area (Å²) in [6.07, 6.45) is 6.08. The number of halogens is 1. The van der Waals surface area contributed by atoms with E-state index in [4.69, 9.17) is 4.74 Å². The second-order valence-electron chi connectivity index (χ2n) is 8.51. The van der Waals surface area contributed by atoms with Gasteiger partial charge in [-0.05, 0) is 35.7 Å². The molecule has 0 saturated heterocycles. The standard InChI is InChI=1S/C26H19IN6O2/c27-25-31-22(19-14-30-33-23(19)32-25)17-8-10-29-21(11-17)26(12-18-7-4-9-28-20(18)13-26)24(34)35-15-16-5-2-1-3-6-16/h1-11,14H,12-13,15H2,(H,30,31,32,33). The van der Waals surface area contributed by atoms with Crippen LogP contribution in [-0.4, -0.2) is 36.1 Å².